The average molecular weight is 412 g/mol. The highest BCUT2D eigenvalue weighted by molar-refractivity contribution is 7.89. The van der Waals surface area contributed by atoms with E-state index < -0.39 is 16.1 Å². The molecule has 0 radical (unpaired) electrons. The maximum Gasteiger partial charge on any atom is 0.241 e. The summed E-state index contributed by atoms with van der Waals surface area (Å²) in [5.41, 5.74) is 3.09. The highest BCUT2D eigenvalue weighted by atomic mass is 32.2. The quantitative estimate of drug-likeness (QED) is 0.675. The molecule has 0 amide bonds. The van der Waals surface area contributed by atoms with E-state index in [1.807, 2.05) is 48.0 Å². The lowest BCUT2D eigenvalue weighted by Gasteiger charge is -2.22. The van der Waals surface area contributed by atoms with Crippen LogP contribution < -0.4 is 9.46 Å². The Morgan fingerprint density at radius 3 is 2.59 bits per heavy atom. The first-order valence-electron chi connectivity index (χ1n) is 9.74. The second-order valence-electron chi connectivity index (χ2n) is 7.33. The van der Waals surface area contributed by atoms with Crippen LogP contribution in [0.5, 0.6) is 5.75 Å². The fraction of sp³-hybridized carbons (Fsp3) is 0.318. The molecule has 0 spiro atoms. The van der Waals surface area contributed by atoms with Crippen molar-refractivity contribution in [3.8, 4) is 5.75 Å². The molecule has 1 aromatic heterocycles. The van der Waals surface area contributed by atoms with Gasteiger partial charge in [-0.15, -0.1) is 0 Å². The summed E-state index contributed by atoms with van der Waals surface area (Å²) in [5.74, 6) is 1.20. The van der Waals surface area contributed by atoms with Gasteiger partial charge in [0.15, 0.2) is 0 Å². The second kappa shape index (κ2) is 8.00. The van der Waals surface area contributed by atoms with Crippen LogP contribution in [0.25, 0.3) is 0 Å². The number of aromatic nitrogens is 2. The number of nitrogens with one attached hydrogen (secondary N) is 1. The van der Waals surface area contributed by atoms with Gasteiger partial charge >= 0.3 is 0 Å². The van der Waals surface area contributed by atoms with E-state index in [-0.39, 0.29) is 4.90 Å². The Balaban J connectivity index is 1.75. The van der Waals surface area contributed by atoms with Crippen molar-refractivity contribution in [2.24, 2.45) is 7.05 Å². The molecule has 0 aliphatic heterocycles. The zero-order valence-corrected chi connectivity index (χ0v) is 17.4. The number of nitrogens with zero attached hydrogens (tertiary/aromatic N) is 2. The third-order valence-electron chi connectivity index (χ3n) is 5.47. The molecule has 0 bridgehead atoms. The monoisotopic (exact) mass is 411 g/mol. The number of ether oxygens (including phenoxy) is 1. The minimum Gasteiger partial charge on any atom is -0.496 e. The minimum absolute atomic E-state index is 0.284. The number of fused-ring (bicyclic) bond motifs is 1. The zero-order valence-electron chi connectivity index (χ0n) is 16.6. The molecule has 0 saturated carbocycles. The highest BCUT2D eigenvalue weighted by Gasteiger charge is 2.28. The Kier molecular flexibility index (Phi) is 5.43. The molecule has 7 heteroatoms. The van der Waals surface area contributed by atoms with Gasteiger partial charge in [0.25, 0.3) is 0 Å². The van der Waals surface area contributed by atoms with Crippen molar-refractivity contribution in [1.82, 2.24) is 14.3 Å². The first-order chi connectivity index (χ1) is 14.0. The molecule has 6 nitrogen and oxygen atoms in total. The normalized spacial score (nSPS) is 15.0. The number of benzene rings is 2. The first-order valence-corrected chi connectivity index (χ1v) is 11.2. The fourth-order valence-corrected chi connectivity index (χ4v) is 5.14. The lowest BCUT2D eigenvalue weighted by Crippen LogP contribution is -2.31. The van der Waals surface area contributed by atoms with E-state index in [0.717, 1.165) is 31.2 Å². The number of sulfonamides is 1. The Morgan fingerprint density at radius 1 is 1.10 bits per heavy atom. The van der Waals surface area contributed by atoms with Crippen molar-refractivity contribution in [3.63, 3.8) is 0 Å². The third-order valence-corrected chi connectivity index (χ3v) is 6.89. The molecule has 152 valence electrons. The molecule has 1 aliphatic carbocycles. The van der Waals surface area contributed by atoms with Crippen LogP contribution >= 0.6 is 0 Å². The van der Waals surface area contributed by atoms with E-state index in [1.54, 1.807) is 25.6 Å². The number of hydrogen-bond donors (Lipinski definition) is 1. The third kappa shape index (κ3) is 3.93. The van der Waals surface area contributed by atoms with Gasteiger partial charge in [0.05, 0.1) is 12.0 Å². The molecule has 3 aromatic rings. The predicted octanol–water partition coefficient (Wildman–Crippen LogP) is 3.38. The molecule has 1 unspecified atom stereocenters. The molecule has 1 heterocycles. The van der Waals surface area contributed by atoms with Crippen LogP contribution in [-0.4, -0.2) is 25.1 Å². The van der Waals surface area contributed by atoms with Gasteiger partial charge in [0.1, 0.15) is 17.6 Å². The van der Waals surface area contributed by atoms with Crippen molar-refractivity contribution in [3.05, 3.63) is 77.4 Å². The summed E-state index contributed by atoms with van der Waals surface area (Å²) < 4.78 is 36.8. The topological polar surface area (TPSA) is 73.2 Å². The molecular weight excluding hydrogens is 386 g/mol. The summed E-state index contributed by atoms with van der Waals surface area (Å²) in [5, 5.41) is 0. The second-order valence-corrected chi connectivity index (χ2v) is 9.04. The predicted molar refractivity (Wildman–Crippen MR) is 111 cm³/mol. The minimum atomic E-state index is -3.77. The number of hydrogen-bond acceptors (Lipinski definition) is 4. The molecular formula is C22H25N3O3S. The Labute approximate surface area is 171 Å². The summed E-state index contributed by atoms with van der Waals surface area (Å²) in [6.07, 6.45) is 7.65. The van der Waals surface area contributed by atoms with Crippen LogP contribution in [0.2, 0.25) is 0 Å². The van der Waals surface area contributed by atoms with Gasteiger partial charge in [-0.1, -0.05) is 24.3 Å². The zero-order chi connectivity index (χ0) is 20.4. The summed E-state index contributed by atoms with van der Waals surface area (Å²) >= 11 is 0. The van der Waals surface area contributed by atoms with E-state index in [2.05, 4.69) is 9.71 Å². The smallest absolute Gasteiger partial charge is 0.241 e. The van der Waals surface area contributed by atoms with Gasteiger partial charge < -0.3 is 9.30 Å². The summed E-state index contributed by atoms with van der Waals surface area (Å²) in [7, 11) is -0.347. The largest absolute Gasteiger partial charge is 0.496 e. The molecule has 29 heavy (non-hydrogen) atoms. The van der Waals surface area contributed by atoms with E-state index >= 15 is 0 Å². The van der Waals surface area contributed by atoms with E-state index in [0.29, 0.717) is 17.1 Å². The van der Waals surface area contributed by atoms with Gasteiger partial charge in [0, 0.05) is 25.0 Å². The Hall–Kier alpha value is -2.64. The number of imidazole rings is 1. The van der Waals surface area contributed by atoms with Crippen LogP contribution in [0.1, 0.15) is 41.4 Å². The average Bonchev–Trinajstić information content (AvgIpc) is 3.17. The van der Waals surface area contributed by atoms with E-state index in [9.17, 15) is 8.42 Å². The van der Waals surface area contributed by atoms with E-state index in [1.165, 1.54) is 5.56 Å². The van der Waals surface area contributed by atoms with Crippen molar-refractivity contribution < 1.29 is 13.2 Å². The number of aryl methyl sites for hydroxylation is 3. The van der Waals surface area contributed by atoms with Crippen molar-refractivity contribution >= 4 is 10.0 Å². The van der Waals surface area contributed by atoms with Crippen LogP contribution in [0.15, 0.2) is 59.8 Å². The Morgan fingerprint density at radius 2 is 1.86 bits per heavy atom. The van der Waals surface area contributed by atoms with Gasteiger partial charge in [-0.05, 0) is 55.0 Å². The SMILES string of the molecule is COc1ccccc1C(NS(=O)(=O)c1ccc2c(c1)CCCC2)c1nccn1C. The van der Waals surface area contributed by atoms with Crippen LogP contribution in [-0.2, 0) is 29.9 Å². The molecule has 1 atom stereocenters. The first kappa shape index (κ1) is 19.7. The van der Waals surface area contributed by atoms with Crippen molar-refractivity contribution in [2.45, 2.75) is 36.6 Å². The maximum absolute atomic E-state index is 13.3. The van der Waals surface area contributed by atoms with Crippen LogP contribution in [0.4, 0.5) is 0 Å². The molecule has 1 N–H and O–H groups in total. The van der Waals surface area contributed by atoms with Gasteiger partial charge in [-0.25, -0.2) is 13.4 Å². The van der Waals surface area contributed by atoms with Gasteiger partial charge in [-0.3, -0.25) is 0 Å². The van der Waals surface area contributed by atoms with Crippen LogP contribution in [0, 0.1) is 0 Å². The molecule has 0 fully saturated rings. The molecule has 0 saturated heterocycles. The standard InChI is InChI=1S/C22H25N3O3S/c1-25-14-13-23-22(25)21(19-9-5-6-10-20(19)28-2)24-29(26,27)18-12-11-16-7-3-4-8-17(16)15-18/h5-6,9-15,21,24H,3-4,7-8H2,1-2H3. The summed E-state index contributed by atoms with van der Waals surface area (Å²) in [4.78, 5) is 4.68. The fourth-order valence-electron chi connectivity index (χ4n) is 3.92. The van der Waals surface area contributed by atoms with Crippen molar-refractivity contribution in [2.75, 3.05) is 7.11 Å². The number of para-hydroxylation sites is 1. The van der Waals surface area contributed by atoms with Crippen molar-refractivity contribution in [1.29, 1.82) is 0 Å². The summed E-state index contributed by atoms with van der Waals surface area (Å²) in [6.45, 7) is 0. The van der Waals surface area contributed by atoms with E-state index in [4.69, 9.17) is 4.74 Å². The number of methoxy groups -OCH3 is 1. The number of rotatable bonds is 6. The Bertz CT molecular complexity index is 1120. The van der Waals surface area contributed by atoms with Gasteiger partial charge in [0.2, 0.25) is 10.0 Å². The van der Waals surface area contributed by atoms with Crippen LogP contribution in [0.3, 0.4) is 0 Å². The molecule has 4 rings (SSSR count). The lowest BCUT2D eigenvalue weighted by molar-refractivity contribution is 0.405. The summed E-state index contributed by atoms with van der Waals surface area (Å²) in [6, 6.07) is 12.2. The lowest BCUT2D eigenvalue weighted by atomic mass is 9.92. The molecule has 1 aliphatic rings. The maximum atomic E-state index is 13.3. The molecule has 2 aromatic carbocycles. The highest BCUT2D eigenvalue weighted by Crippen LogP contribution is 2.31. The van der Waals surface area contributed by atoms with Gasteiger partial charge in [-0.2, -0.15) is 4.72 Å².